The Morgan fingerprint density at radius 1 is 0.964 bits per heavy atom. The maximum atomic E-state index is 11.8. The Labute approximate surface area is 171 Å². The summed E-state index contributed by atoms with van der Waals surface area (Å²) in [7, 11) is 0. The summed E-state index contributed by atoms with van der Waals surface area (Å²) in [6.07, 6.45) is 1.61. The predicted molar refractivity (Wildman–Crippen MR) is 114 cm³/mol. The second kappa shape index (κ2) is 25.0. The summed E-state index contributed by atoms with van der Waals surface area (Å²) in [4.78, 5) is 44.9. The van der Waals surface area contributed by atoms with Gasteiger partial charge in [0.05, 0.1) is 5.92 Å². The number of amides is 2. The molecule has 0 fully saturated rings. The molecule has 2 atom stereocenters. The topological polar surface area (TPSA) is 139 Å². The third-order valence-electron chi connectivity index (χ3n) is 3.06. The van der Waals surface area contributed by atoms with E-state index in [-0.39, 0.29) is 18.7 Å². The largest absolute Gasteiger partial charge is 0.481 e. The van der Waals surface area contributed by atoms with Crippen molar-refractivity contribution < 1.29 is 24.3 Å². The monoisotopic (exact) mass is 405 g/mol. The zero-order valence-electron chi connectivity index (χ0n) is 19.1. The highest BCUT2D eigenvalue weighted by molar-refractivity contribution is 5.89. The first-order valence-electron chi connectivity index (χ1n) is 10.3. The summed E-state index contributed by atoms with van der Waals surface area (Å²) in [5, 5.41) is 13.8. The standard InChI is InChI=1S/C14H25N3O5.3C2H6/c1-9(14(21)22)7-12(19)17-11(8-15)13(20)16-6-4-3-5-10(2)18;3*1-2/h9,11H,3-8,15H2,1-2H3,(H,16,20)(H,17,19)(H,21,22);3*1-2H3. The molecular formula is C20H43N3O5. The van der Waals surface area contributed by atoms with Gasteiger partial charge in [0.15, 0.2) is 0 Å². The van der Waals surface area contributed by atoms with Gasteiger partial charge < -0.3 is 26.3 Å². The van der Waals surface area contributed by atoms with Gasteiger partial charge in [-0.3, -0.25) is 14.4 Å². The van der Waals surface area contributed by atoms with Gasteiger partial charge in [-0.05, 0) is 19.8 Å². The van der Waals surface area contributed by atoms with Crippen molar-refractivity contribution in [1.82, 2.24) is 10.6 Å². The third kappa shape index (κ3) is 22.1. The van der Waals surface area contributed by atoms with Crippen LogP contribution in [-0.2, 0) is 19.2 Å². The van der Waals surface area contributed by atoms with Crippen LogP contribution >= 0.6 is 0 Å². The van der Waals surface area contributed by atoms with Crippen molar-refractivity contribution in [3.8, 4) is 0 Å². The van der Waals surface area contributed by atoms with E-state index in [4.69, 9.17) is 10.8 Å². The highest BCUT2D eigenvalue weighted by Gasteiger charge is 2.21. The lowest BCUT2D eigenvalue weighted by atomic mass is 10.1. The number of unbranched alkanes of at least 4 members (excludes halogenated alkanes) is 1. The van der Waals surface area contributed by atoms with Crippen molar-refractivity contribution in [2.24, 2.45) is 11.7 Å². The van der Waals surface area contributed by atoms with Gasteiger partial charge in [-0.15, -0.1) is 0 Å². The van der Waals surface area contributed by atoms with E-state index in [1.165, 1.54) is 13.8 Å². The number of hydrogen-bond acceptors (Lipinski definition) is 5. The Morgan fingerprint density at radius 3 is 1.86 bits per heavy atom. The number of Topliss-reactive ketones (excluding diaryl/α,β-unsaturated/α-hetero) is 1. The number of rotatable bonds is 11. The summed E-state index contributed by atoms with van der Waals surface area (Å²) in [6.45, 7) is 15.2. The fourth-order valence-electron chi connectivity index (χ4n) is 1.68. The summed E-state index contributed by atoms with van der Waals surface area (Å²) >= 11 is 0. The smallest absolute Gasteiger partial charge is 0.306 e. The van der Waals surface area contributed by atoms with Gasteiger partial charge >= 0.3 is 5.97 Å². The predicted octanol–water partition coefficient (Wildman–Crippen LogP) is 2.49. The highest BCUT2D eigenvalue weighted by Crippen LogP contribution is 2.01. The fraction of sp³-hybridized carbons (Fsp3) is 0.800. The van der Waals surface area contributed by atoms with Crippen LogP contribution < -0.4 is 16.4 Å². The zero-order chi connectivity index (χ0) is 23.1. The normalized spacial score (nSPS) is 10.9. The minimum absolute atomic E-state index is 0.0769. The number of carbonyl (C=O) groups is 4. The molecule has 0 bridgehead atoms. The Kier molecular flexibility index (Phi) is 30.1. The Hall–Kier alpha value is -1.96. The number of carboxylic acids is 1. The molecule has 5 N–H and O–H groups in total. The Balaban J connectivity index is -0.000000434. The zero-order valence-corrected chi connectivity index (χ0v) is 19.1. The van der Waals surface area contributed by atoms with Crippen molar-refractivity contribution in [3.63, 3.8) is 0 Å². The lowest BCUT2D eigenvalue weighted by Gasteiger charge is -2.17. The minimum Gasteiger partial charge on any atom is -0.481 e. The van der Waals surface area contributed by atoms with E-state index in [0.717, 1.165) is 0 Å². The molecule has 0 aliphatic carbocycles. The first-order valence-corrected chi connectivity index (χ1v) is 10.3. The molecule has 0 aromatic rings. The van der Waals surface area contributed by atoms with Crippen LogP contribution in [0.1, 0.15) is 81.1 Å². The maximum absolute atomic E-state index is 11.8. The number of ketones is 1. The van der Waals surface area contributed by atoms with Crippen LogP contribution in [0.15, 0.2) is 0 Å². The minimum atomic E-state index is -1.07. The molecule has 0 saturated carbocycles. The van der Waals surface area contributed by atoms with Gasteiger partial charge in [0.2, 0.25) is 11.8 Å². The van der Waals surface area contributed by atoms with Gasteiger partial charge in [-0.1, -0.05) is 48.5 Å². The fourth-order valence-corrected chi connectivity index (χ4v) is 1.68. The van der Waals surface area contributed by atoms with E-state index in [0.29, 0.717) is 25.8 Å². The molecule has 8 heteroatoms. The number of aliphatic carboxylic acids is 1. The summed E-state index contributed by atoms with van der Waals surface area (Å²) < 4.78 is 0. The lowest BCUT2D eigenvalue weighted by Crippen LogP contribution is -2.51. The van der Waals surface area contributed by atoms with Crippen LogP contribution in [0.2, 0.25) is 0 Å². The second-order valence-electron chi connectivity index (χ2n) is 5.25. The SMILES string of the molecule is CC.CC.CC.CC(=O)CCCCNC(=O)C(CN)NC(=O)CC(C)C(=O)O. The van der Waals surface area contributed by atoms with Gasteiger partial charge in [-0.25, -0.2) is 0 Å². The van der Waals surface area contributed by atoms with E-state index < -0.39 is 29.7 Å². The quantitative estimate of drug-likeness (QED) is 0.390. The average molecular weight is 406 g/mol. The summed E-state index contributed by atoms with van der Waals surface area (Å²) in [6, 6.07) is -0.888. The van der Waals surface area contributed by atoms with Crippen molar-refractivity contribution in [1.29, 1.82) is 0 Å². The molecule has 0 aromatic carbocycles. The average Bonchev–Trinajstić information content (AvgIpc) is 2.69. The first-order chi connectivity index (χ1) is 13.3. The van der Waals surface area contributed by atoms with Crippen LogP contribution in [0.3, 0.4) is 0 Å². The summed E-state index contributed by atoms with van der Waals surface area (Å²) in [5.74, 6) is -2.74. The van der Waals surface area contributed by atoms with Crippen LogP contribution in [0.5, 0.6) is 0 Å². The second-order valence-corrected chi connectivity index (χ2v) is 5.25. The molecule has 0 aliphatic heterocycles. The number of carboxylic acid groups (broad SMARTS) is 1. The van der Waals surface area contributed by atoms with Gasteiger partial charge in [0.1, 0.15) is 11.8 Å². The van der Waals surface area contributed by atoms with Crippen LogP contribution in [0.4, 0.5) is 0 Å². The van der Waals surface area contributed by atoms with Crippen molar-refractivity contribution in [2.75, 3.05) is 13.1 Å². The Bertz CT molecular complexity index is 415. The molecule has 0 saturated heterocycles. The number of hydrogen-bond donors (Lipinski definition) is 4. The van der Waals surface area contributed by atoms with Crippen molar-refractivity contribution >= 4 is 23.6 Å². The van der Waals surface area contributed by atoms with E-state index in [1.54, 1.807) is 0 Å². The molecule has 2 unspecified atom stereocenters. The molecule has 0 aliphatic rings. The molecule has 0 aromatic heterocycles. The lowest BCUT2D eigenvalue weighted by molar-refractivity contribution is -0.143. The van der Waals surface area contributed by atoms with Crippen LogP contribution in [0.25, 0.3) is 0 Å². The number of carbonyl (C=O) groups excluding carboxylic acids is 3. The molecule has 168 valence electrons. The highest BCUT2D eigenvalue weighted by atomic mass is 16.4. The van der Waals surface area contributed by atoms with Gasteiger partial charge in [0.25, 0.3) is 0 Å². The first kappa shape index (κ1) is 33.6. The molecule has 8 nitrogen and oxygen atoms in total. The molecular weight excluding hydrogens is 362 g/mol. The van der Waals surface area contributed by atoms with E-state index in [1.807, 2.05) is 41.5 Å². The van der Waals surface area contributed by atoms with Crippen LogP contribution in [-0.4, -0.2) is 47.8 Å². The van der Waals surface area contributed by atoms with Crippen LogP contribution in [0, 0.1) is 5.92 Å². The van der Waals surface area contributed by atoms with Crippen molar-refractivity contribution in [2.45, 2.75) is 87.1 Å². The molecule has 2 amide bonds. The number of nitrogens with two attached hydrogens (primary N) is 1. The van der Waals surface area contributed by atoms with Gasteiger partial charge in [-0.2, -0.15) is 0 Å². The Morgan fingerprint density at radius 2 is 1.46 bits per heavy atom. The van der Waals surface area contributed by atoms with Gasteiger partial charge in [0, 0.05) is 25.9 Å². The number of nitrogens with one attached hydrogen (secondary N) is 2. The molecule has 0 radical (unpaired) electrons. The van der Waals surface area contributed by atoms with E-state index in [2.05, 4.69) is 10.6 Å². The molecule has 0 rings (SSSR count). The maximum Gasteiger partial charge on any atom is 0.306 e. The molecule has 28 heavy (non-hydrogen) atoms. The van der Waals surface area contributed by atoms with E-state index in [9.17, 15) is 19.2 Å². The molecule has 0 spiro atoms. The third-order valence-corrected chi connectivity index (χ3v) is 3.06. The van der Waals surface area contributed by atoms with Crippen molar-refractivity contribution in [3.05, 3.63) is 0 Å². The molecule has 0 heterocycles. The van der Waals surface area contributed by atoms with E-state index >= 15 is 0 Å². The summed E-state index contributed by atoms with van der Waals surface area (Å²) in [5.41, 5.74) is 5.45.